The molecule has 5 rings (SSSR count). The average Bonchev–Trinajstić information content (AvgIpc) is 3.27. The standard InChI is InChI=1S/C25H22N2O4/c1-26-20-7-5-4-6-18(20)22-23(19-14-17(31-3)12-13-21(19)28)27(25(29)24(22)26)15-8-10-16(30-2)11-9-15/h4-14,23,28H,1-3H3/t23-/m1/s1. The van der Waals surface area contributed by atoms with E-state index in [0.29, 0.717) is 22.8 Å². The molecule has 0 fully saturated rings. The predicted molar refractivity (Wildman–Crippen MR) is 119 cm³/mol. The fraction of sp³-hybridized carbons (Fsp3) is 0.160. The number of carbonyl (C=O) groups excluding carboxylic acids is 1. The molecule has 4 aromatic rings. The second-order valence-corrected chi connectivity index (χ2v) is 7.54. The lowest BCUT2D eigenvalue weighted by Gasteiger charge is -2.27. The molecule has 156 valence electrons. The third kappa shape index (κ3) is 2.75. The monoisotopic (exact) mass is 414 g/mol. The summed E-state index contributed by atoms with van der Waals surface area (Å²) in [5.74, 6) is 1.31. The molecule has 3 aromatic carbocycles. The Kier molecular flexibility index (Phi) is 4.36. The Morgan fingerprint density at radius 3 is 2.29 bits per heavy atom. The molecule has 1 aromatic heterocycles. The van der Waals surface area contributed by atoms with Gasteiger partial charge in [0, 0.05) is 34.8 Å². The second kappa shape index (κ2) is 7.09. The van der Waals surface area contributed by atoms with E-state index in [1.165, 1.54) is 0 Å². The SMILES string of the molecule is COc1ccc(N2C(=O)c3c(c4ccccc4n3C)[C@H]2c2cc(OC)ccc2O)cc1. The minimum absolute atomic E-state index is 0.109. The number of carbonyl (C=O) groups is 1. The van der Waals surface area contributed by atoms with Crippen molar-refractivity contribution < 1.29 is 19.4 Å². The first-order valence-corrected chi connectivity index (χ1v) is 9.97. The van der Waals surface area contributed by atoms with Crippen molar-refractivity contribution in [3.63, 3.8) is 0 Å². The molecule has 6 nitrogen and oxygen atoms in total. The zero-order chi connectivity index (χ0) is 21.7. The molecule has 31 heavy (non-hydrogen) atoms. The van der Waals surface area contributed by atoms with Crippen LogP contribution < -0.4 is 14.4 Å². The van der Waals surface area contributed by atoms with Crippen LogP contribution in [0.4, 0.5) is 5.69 Å². The largest absolute Gasteiger partial charge is 0.508 e. The number of hydrogen-bond acceptors (Lipinski definition) is 4. The van der Waals surface area contributed by atoms with Crippen molar-refractivity contribution in [3.05, 3.63) is 83.6 Å². The Morgan fingerprint density at radius 1 is 0.903 bits per heavy atom. The van der Waals surface area contributed by atoms with Crippen molar-refractivity contribution in [3.8, 4) is 17.2 Å². The molecule has 2 heterocycles. The van der Waals surface area contributed by atoms with Crippen LogP contribution in [0.2, 0.25) is 0 Å². The summed E-state index contributed by atoms with van der Waals surface area (Å²) in [5, 5.41) is 11.8. The van der Waals surface area contributed by atoms with Gasteiger partial charge in [0.15, 0.2) is 0 Å². The van der Waals surface area contributed by atoms with Gasteiger partial charge in [0.25, 0.3) is 5.91 Å². The highest BCUT2D eigenvalue weighted by molar-refractivity contribution is 6.15. The number of fused-ring (bicyclic) bond motifs is 3. The third-order valence-electron chi connectivity index (χ3n) is 5.98. The zero-order valence-corrected chi connectivity index (χ0v) is 17.5. The Balaban J connectivity index is 1.80. The van der Waals surface area contributed by atoms with E-state index in [1.807, 2.05) is 60.1 Å². The van der Waals surface area contributed by atoms with Crippen LogP contribution in [0, 0.1) is 0 Å². The molecule has 1 aliphatic rings. The Labute approximate surface area is 179 Å². The van der Waals surface area contributed by atoms with Crippen molar-refractivity contribution in [2.24, 2.45) is 7.05 Å². The number of nitrogens with zero attached hydrogens (tertiary/aromatic N) is 2. The summed E-state index contributed by atoms with van der Waals surface area (Å²) in [4.78, 5) is 15.5. The number of para-hydroxylation sites is 1. The average molecular weight is 414 g/mol. The maximum absolute atomic E-state index is 13.8. The van der Waals surface area contributed by atoms with Crippen molar-refractivity contribution in [1.82, 2.24) is 4.57 Å². The van der Waals surface area contributed by atoms with Gasteiger partial charge in [0.1, 0.15) is 22.9 Å². The number of rotatable bonds is 4. The number of phenols is 1. The van der Waals surface area contributed by atoms with Gasteiger partial charge in [-0.05, 0) is 48.5 Å². The van der Waals surface area contributed by atoms with Crippen molar-refractivity contribution in [1.29, 1.82) is 0 Å². The number of benzene rings is 3. The first kappa shape index (κ1) is 19.1. The molecule has 1 atom stereocenters. The lowest BCUT2D eigenvalue weighted by molar-refractivity contribution is 0.0986. The zero-order valence-electron chi connectivity index (χ0n) is 17.5. The van der Waals surface area contributed by atoms with E-state index >= 15 is 0 Å². The molecule has 1 amide bonds. The molecule has 0 aliphatic carbocycles. The molecule has 0 unspecified atom stereocenters. The topological polar surface area (TPSA) is 63.9 Å². The first-order valence-electron chi connectivity index (χ1n) is 9.97. The Bertz CT molecular complexity index is 1310. The van der Waals surface area contributed by atoms with Crippen LogP contribution in [0.1, 0.15) is 27.7 Å². The number of phenolic OH excluding ortho intramolecular Hbond substituents is 1. The van der Waals surface area contributed by atoms with Crippen LogP contribution in [0.5, 0.6) is 17.2 Å². The highest BCUT2D eigenvalue weighted by Gasteiger charge is 2.44. The lowest BCUT2D eigenvalue weighted by atomic mass is 9.96. The normalized spacial score (nSPS) is 15.4. The Morgan fingerprint density at radius 2 is 1.58 bits per heavy atom. The highest BCUT2D eigenvalue weighted by Crippen LogP contribution is 2.48. The number of ether oxygens (including phenoxy) is 2. The van der Waals surface area contributed by atoms with Gasteiger partial charge in [-0.2, -0.15) is 0 Å². The van der Waals surface area contributed by atoms with Crippen LogP contribution in [0.3, 0.4) is 0 Å². The fourth-order valence-corrected chi connectivity index (χ4v) is 4.50. The van der Waals surface area contributed by atoms with E-state index < -0.39 is 6.04 Å². The lowest BCUT2D eigenvalue weighted by Crippen LogP contribution is -2.29. The summed E-state index contributed by atoms with van der Waals surface area (Å²) < 4.78 is 12.6. The minimum atomic E-state index is -0.503. The van der Waals surface area contributed by atoms with E-state index in [2.05, 4.69) is 0 Å². The van der Waals surface area contributed by atoms with Gasteiger partial charge >= 0.3 is 0 Å². The van der Waals surface area contributed by atoms with Crippen molar-refractivity contribution >= 4 is 22.5 Å². The van der Waals surface area contributed by atoms with Crippen LogP contribution in [-0.4, -0.2) is 29.8 Å². The quantitative estimate of drug-likeness (QED) is 0.528. The van der Waals surface area contributed by atoms with Crippen LogP contribution in [-0.2, 0) is 7.05 Å². The molecule has 1 N–H and O–H groups in total. The molecule has 6 heteroatoms. The maximum Gasteiger partial charge on any atom is 0.276 e. The molecular formula is C25H22N2O4. The van der Waals surface area contributed by atoms with E-state index in [1.54, 1.807) is 37.3 Å². The summed E-state index contributed by atoms with van der Waals surface area (Å²) >= 11 is 0. The number of hydrogen-bond donors (Lipinski definition) is 1. The molecule has 1 aliphatic heterocycles. The number of anilines is 1. The second-order valence-electron chi connectivity index (χ2n) is 7.54. The van der Waals surface area contributed by atoms with E-state index in [9.17, 15) is 9.90 Å². The maximum atomic E-state index is 13.8. The summed E-state index contributed by atoms with van der Waals surface area (Å²) in [6.07, 6.45) is 0. The number of aromatic hydroxyl groups is 1. The molecule has 0 saturated heterocycles. The number of aryl methyl sites for hydroxylation is 1. The van der Waals surface area contributed by atoms with Gasteiger partial charge in [-0.15, -0.1) is 0 Å². The first-order chi connectivity index (χ1) is 15.0. The third-order valence-corrected chi connectivity index (χ3v) is 5.98. The molecular weight excluding hydrogens is 392 g/mol. The predicted octanol–water partition coefficient (Wildman–Crippen LogP) is 4.65. The molecule has 0 saturated carbocycles. The smallest absolute Gasteiger partial charge is 0.276 e. The minimum Gasteiger partial charge on any atom is -0.508 e. The van der Waals surface area contributed by atoms with Gasteiger partial charge in [-0.25, -0.2) is 0 Å². The molecule has 0 bridgehead atoms. The summed E-state index contributed by atoms with van der Waals surface area (Å²) in [5.41, 5.74) is 3.80. The number of methoxy groups -OCH3 is 2. The van der Waals surface area contributed by atoms with Gasteiger partial charge in [0.2, 0.25) is 0 Å². The summed E-state index contributed by atoms with van der Waals surface area (Å²) in [6, 6.07) is 19.9. The van der Waals surface area contributed by atoms with E-state index in [0.717, 1.165) is 22.2 Å². The summed E-state index contributed by atoms with van der Waals surface area (Å²) in [6.45, 7) is 0. The van der Waals surface area contributed by atoms with Crippen LogP contribution >= 0.6 is 0 Å². The van der Waals surface area contributed by atoms with Crippen LogP contribution in [0.25, 0.3) is 10.9 Å². The number of amides is 1. The van der Waals surface area contributed by atoms with Gasteiger partial charge in [-0.1, -0.05) is 18.2 Å². The van der Waals surface area contributed by atoms with Gasteiger partial charge < -0.3 is 19.1 Å². The molecule has 0 spiro atoms. The van der Waals surface area contributed by atoms with Crippen molar-refractivity contribution in [2.45, 2.75) is 6.04 Å². The van der Waals surface area contributed by atoms with Crippen LogP contribution in [0.15, 0.2) is 66.7 Å². The van der Waals surface area contributed by atoms with E-state index in [4.69, 9.17) is 9.47 Å². The van der Waals surface area contributed by atoms with Gasteiger partial charge in [-0.3, -0.25) is 9.69 Å². The van der Waals surface area contributed by atoms with E-state index in [-0.39, 0.29) is 11.7 Å². The van der Waals surface area contributed by atoms with Crippen molar-refractivity contribution in [2.75, 3.05) is 19.1 Å². The molecule has 0 radical (unpaired) electrons. The summed E-state index contributed by atoms with van der Waals surface area (Å²) in [7, 11) is 5.09. The Hall–Kier alpha value is -3.93. The fourth-order valence-electron chi connectivity index (χ4n) is 4.50. The number of aromatic nitrogens is 1. The highest BCUT2D eigenvalue weighted by atomic mass is 16.5. The van der Waals surface area contributed by atoms with Gasteiger partial charge in [0.05, 0.1) is 20.3 Å².